The van der Waals surface area contributed by atoms with Gasteiger partial charge in [-0.05, 0) is 49.2 Å². The van der Waals surface area contributed by atoms with Gasteiger partial charge >= 0.3 is 0 Å². The summed E-state index contributed by atoms with van der Waals surface area (Å²) in [5.41, 5.74) is 2.30. The number of hydrogen-bond acceptors (Lipinski definition) is 3. The molecule has 26 heavy (non-hydrogen) atoms. The van der Waals surface area contributed by atoms with Crippen molar-refractivity contribution in [2.45, 2.75) is 31.7 Å². The van der Waals surface area contributed by atoms with Gasteiger partial charge in [-0.1, -0.05) is 31.0 Å². The van der Waals surface area contributed by atoms with Gasteiger partial charge in [0.05, 0.1) is 6.54 Å². The van der Waals surface area contributed by atoms with E-state index in [4.69, 9.17) is 0 Å². The van der Waals surface area contributed by atoms with Gasteiger partial charge in [0.2, 0.25) is 5.91 Å². The minimum atomic E-state index is -0.0977. The molecular weight excluding hydrogens is 326 g/mol. The maximum atomic E-state index is 12.2. The van der Waals surface area contributed by atoms with Crippen molar-refractivity contribution in [1.82, 2.24) is 5.32 Å². The molecule has 0 unspecified atom stereocenters. The highest BCUT2D eigenvalue weighted by molar-refractivity contribution is 5.96. The highest BCUT2D eigenvalue weighted by Gasteiger charge is 2.17. The van der Waals surface area contributed by atoms with Gasteiger partial charge < -0.3 is 15.5 Å². The maximum Gasteiger partial charge on any atom is 0.251 e. The first-order chi connectivity index (χ1) is 12.6. The van der Waals surface area contributed by atoms with E-state index in [1.165, 1.54) is 12.8 Å². The van der Waals surface area contributed by atoms with Crippen LogP contribution in [0.25, 0.3) is 0 Å². The summed E-state index contributed by atoms with van der Waals surface area (Å²) < 4.78 is 0. The zero-order valence-electron chi connectivity index (χ0n) is 15.1. The summed E-state index contributed by atoms with van der Waals surface area (Å²) in [6.07, 6.45) is 4.50. The molecule has 0 saturated heterocycles. The molecule has 5 nitrogen and oxygen atoms in total. The van der Waals surface area contributed by atoms with Crippen LogP contribution in [0.1, 0.15) is 36.0 Å². The van der Waals surface area contributed by atoms with Crippen molar-refractivity contribution in [3.8, 4) is 0 Å². The lowest BCUT2D eigenvalue weighted by molar-refractivity contribution is -0.114. The van der Waals surface area contributed by atoms with E-state index in [1.54, 1.807) is 24.3 Å². The Bertz CT molecular complexity index is 738. The quantitative estimate of drug-likeness (QED) is 0.838. The predicted molar refractivity (Wildman–Crippen MR) is 105 cm³/mol. The molecule has 136 valence electrons. The summed E-state index contributed by atoms with van der Waals surface area (Å²) in [7, 11) is 1.88. The Kier molecular flexibility index (Phi) is 5.89. The molecule has 1 aliphatic rings. The van der Waals surface area contributed by atoms with Crippen LogP contribution in [0.2, 0.25) is 0 Å². The molecule has 0 atom stereocenters. The molecule has 1 saturated carbocycles. The number of rotatable bonds is 6. The smallest absolute Gasteiger partial charge is 0.251 e. The number of anilines is 2. The van der Waals surface area contributed by atoms with E-state index in [1.807, 2.05) is 42.3 Å². The molecule has 2 N–H and O–H groups in total. The molecule has 0 aromatic heterocycles. The number of carbonyl (C=O) groups excluding carboxylic acids is 2. The number of benzene rings is 2. The summed E-state index contributed by atoms with van der Waals surface area (Å²) in [4.78, 5) is 26.3. The van der Waals surface area contributed by atoms with Gasteiger partial charge in [0, 0.05) is 30.0 Å². The normalized spacial score (nSPS) is 14.0. The van der Waals surface area contributed by atoms with Crippen LogP contribution in [0.3, 0.4) is 0 Å². The number of amides is 2. The average molecular weight is 351 g/mol. The Morgan fingerprint density at radius 1 is 1.00 bits per heavy atom. The molecule has 1 fully saturated rings. The van der Waals surface area contributed by atoms with Gasteiger partial charge in [-0.15, -0.1) is 0 Å². The standard InChI is InChI=1S/C21H25N3O2/c1-24(19-9-3-2-4-10-19)15-20(25)22-18-13-11-16(12-14-18)21(26)23-17-7-5-6-8-17/h2-4,9-14,17H,5-8,15H2,1H3,(H,22,25)(H,23,26). The Morgan fingerprint density at radius 2 is 1.65 bits per heavy atom. The molecule has 0 heterocycles. The molecule has 1 aliphatic carbocycles. The van der Waals surface area contributed by atoms with Crippen LogP contribution in [0.5, 0.6) is 0 Å². The average Bonchev–Trinajstić information content (AvgIpc) is 3.16. The molecule has 2 amide bonds. The van der Waals surface area contributed by atoms with Gasteiger partial charge in [0.15, 0.2) is 0 Å². The topological polar surface area (TPSA) is 61.4 Å². The van der Waals surface area contributed by atoms with E-state index >= 15 is 0 Å². The highest BCUT2D eigenvalue weighted by Crippen LogP contribution is 2.18. The number of para-hydroxylation sites is 1. The fraction of sp³-hybridized carbons (Fsp3) is 0.333. The largest absolute Gasteiger partial charge is 0.365 e. The third-order valence-electron chi connectivity index (χ3n) is 4.70. The van der Waals surface area contributed by atoms with Crippen LogP contribution in [-0.2, 0) is 4.79 Å². The Hall–Kier alpha value is -2.82. The van der Waals surface area contributed by atoms with E-state index in [0.29, 0.717) is 17.3 Å². The van der Waals surface area contributed by atoms with Crippen molar-refractivity contribution in [3.63, 3.8) is 0 Å². The van der Waals surface area contributed by atoms with Crippen molar-refractivity contribution in [2.24, 2.45) is 0 Å². The van der Waals surface area contributed by atoms with Crippen LogP contribution in [-0.4, -0.2) is 31.4 Å². The molecule has 0 aliphatic heterocycles. The fourth-order valence-corrected chi connectivity index (χ4v) is 3.23. The Labute approximate surface area is 154 Å². The Balaban J connectivity index is 1.51. The van der Waals surface area contributed by atoms with Crippen LogP contribution >= 0.6 is 0 Å². The van der Waals surface area contributed by atoms with E-state index in [0.717, 1.165) is 18.5 Å². The first kappa shape index (κ1) is 18.0. The van der Waals surface area contributed by atoms with Crippen LogP contribution in [0, 0.1) is 0 Å². The molecule has 3 rings (SSSR count). The number of nitrogens with one attached hydrogen (secondary N) is 2. The third kappa shape index (κ3) is 4.85. The number of carbonyl (C=O) groups is 2. The minimum absolute atomic E-state index is 0.0430. The summed E-state index contributed by atoms with van der Waals surface area (Å²) in [6, 6.07) is 17.1. The van der Waals surface area contributed by atoms with Gasteiger partial charge in [0.1, 0.15) is 0 Å². The SMILES string of the molecule is CN(CC(=O)Nc1ccc(C(=O)NC2CCCC2)cc1)c1ccccc1. The second kappa shape index (κ2) is 8.52. The molecule has 0 spiro atoms. The molecule has 2 aromatic rings. The lowest BCUT2D eigenvalue weighted by Gasteiger charge is -2.18. The maximum absolute atomic E-state index is 12.2. The molecule has 2 aromatic carbocycles. The first-order valence-electron chi connectivity index (χ1n) is 9.09. The van der Waals surface area contributed by atoms with Crippen LogP contribution in [0.4, 0.5) is 11.4 Å². The van der Waals surface area contributed by atoms with Crippen molar-refractivity contribution >= 4 is 23.2 Å². The fourth-order valence-electron chi connectivity index (χ4n) is 3.23. The summed E-state index contributed by atoms with van der Waals surface area (Å²) in [5.74, 6) is -0.141. The monoisotopic (exact) mass is 351 g/mol. The summed E-state index contributed by atoms with van der Waals surface area (Å²) in [5, 5.41) is 5.94. The lowest BCUT2D eigenvalue weighted by Crippen LogP contribution is -2.32. The van der Waals surface area contributed by atoms with Gasteiger partial charge in [0.25, 0.3) is 5.91 Å². The molecular formula is C21H25N3O2. The Morgan fingerprint density at radius 3 is 2.31 bits per heavy atom. The number of nitrogens with zero attached hydrogens (tertiary/aromatic N) is 1. The highest BCUT2D eigenvalue weighted by atomic mass is 16.2. The first-order valence-corrected chi connectivity index (χ1v) is 9.09. The predicted octanol–water partition coefficient (Wildman–Crippen LogP) is 3.43. The van der Waals surface area contributed by atoms with E-state index in [2.05, 4.69) is 10.6 Å². The number of likely N-dealkylation sites (N-methyl/N-ethyl adjacent to an activating group) is 1. The van der Waals surface area contributed by atoms with E-state index in [-0.39, 0.29) is 18.4 Å². The second-order valence-corrected chi connectivity index (χ2v) is 6.77. The van der Waals surface area contributed by atoms with Gasteiger partial charge in [-0.25, -0.2) is 0 Å². The van der Waals surface area contributed by atoms with E-state index in [9.17, 15) is 9.59 Å². The zero-order chi connectivity index (χ0) is 18.4. The van der Waals surface area contributed by atoms with Gasteiger partial charge in [-0.2, -0.15) is 0 Å². The summed E-state index contributed by atoms with van der Waals surface area (Å²) in [6.45, 7) is 0.258. The van der Waals surface area contributed by atoms with Crippen LogP contribution in [0.15, 0.2) is 54.6 Å². The summed E-state index contributed by atoms with van der Waals surface area (Å²) >= 11 is 0. The van der Waals surface area contributed by atoms with Crippen molar-refractivity contribution < 1.29 is 9.59 Å². The second-order valence-electron chi connectivity index (χ2n) is 6.77. The molecule has 0 bridgehead atoms. The minimum Gasteiger partial charge on any atom is -0.365 e. The lowest BCUT2D eigenvalue weighted by atomic mass is 10.1. The molecule has 0 radical (unpaired) electrons. The number of hydrogen-bond donors (Lipinski definition) is 2. The van der Waals surface area contributed by atoms with Crippen molar-refractivity contribution in [3.05, 3.63) is 60.2 Å². The van der Waals surface area contributed by atoms with Crippen LogP contribution < -0.4 is 15.5 Å². The van der Waals surface area contributed by atoms with E-state index < -0.39 is 0 Å². The molecule has 5 heteroatoms. The zero-order valence-corrected chi connectivity index (χ0v) is 15.1. The van der Waals surface area contributed by atoms with Gasteiger partial charge in [-0.3, -0.25) is 9.59 Å². The third-order valence-corrected chi connectivity index (χ3v) is 4.70. The van der Waals surface area contributed by atoms with Crippen molar-refractivity contribution in [2.75, 3.05) is 23.8 Å². The van der Waals surface area contributed by atoms with Crippen molar-refractivity contribution in [1.29, 1.82) is 0 Å².